The van der Waals surface area contributed by atoms with E-state index < -0.39 is 0 Å². The number of hydrogen-bond donors (Lipinski definition) is 0. The van der Waals surface area contributed by atoms with Gasteiger partial charge in [0, 0.05) is 12.6 Å². The molecule has 0 saturated carbocycles. The van der Waals surface area contributed by atoms with Gasteiger partial charge in [-0.2, -0.15) is 0 Å². The molecule has 1 rings (SSSR count). The molecule has 0 unspecified atom stereocenters. The summed E-state index contributed by atoms with van der Waals surface area (Å²) < 4.78 is 0. The predicted octanol–water partition coefficient (Wildman–Crippen LogP) is 2.38. The first-order valence-corrected chi connectivity index (χ1v) is 4.78. The summed E-state index contributed by atoms with van der Waals surface area (Å²) in [6.45, 7) is 7.62. The molecule has 0 saturated heterocycles. The Morgan fingerprint density at radius 1 is 1.64 bits per heavy atom. The number of anilines is 1. The number of hydrogen-bond acceptors (Lipinski definition) is 3. The Morgan fingerprint density at radius 2 is 2.36 bits per heavy atom. The van der Waals surface area contributed by atoms with E-state index in [9.17, 15) is 0 Å². The van der Waals surface area contributed by atoms with Gasteiger partial charge < -0.3 is 4.90 Å². The minimum absolute atomic E-state index is 0.570. The van der Waals surface area contributed by atoms with Gasteiger partial charge in [-0.1, -0.05) is 0 Å². The summed E-state index contributed by atoms with van der Waals surface area (Å²) in [4.78, 5) is 6.38. The average Bonchev–Trinajstić information content (AvgIpc) is 2.40. The van der Waals surface area contributed by atoms with Gasteiger partial charge in [-0.05, 0) is 20.8 Å². The molecule has 62 valence electrons. The van der Waals surface area contributed by atoms with Gasteiger partial charge in [-0.3, -0.25) is 4.98 Å². The number of nitrogens with zero attached hydrogens (tertiary/aromatic N) is 2. The first kappa shape index (κ1) is 8.53. The highest BCUT2D eigenvalue weighted by Gasteiger charge is 2.08. The fourth-order valence-electron chi connectivity index (χ4n) is 1.13. The molecule has 1 heterocycles. The molecule has 1 aromatic heterocycles. The van der Waals surface area contributed by atoms with Crippen LogP contribution in [0.3, 0.4) is 0 Å². The zero-order chi connectivity index (χ0) is 8.27. The van der Waals surface area contributed by atoms with Crippen molar-refractivity contribution < 1.29 is 0 Å². The predicted molar refractivity (Wildman–Crippen MR) is 50.3 cm³/mol. The molecule has 3 heteroatoms. The quantitative estimate of drug-likeness (QED) is 0.692. The summed E-state index contributed by atoms with van der Waals surface area (Å²) in [5.74, 6) is 0. The van der Waals surface area contributed by atoms with Gasteiger partial charge >= 0.3 is 0 Å². The van der Waals surface area contributed by atoms with Crippen LogP contribution in [0.15, 0.2) is 11.7 Å². The van der Waals surface area contributed by atoms with E-state index in [-0.39, 0.29) is 0 Å². The first-order chi connectivity index (χ1) is 5.25. The molecule has 0 N–H and O–H groups in total. The Labute approximate surface area is 71.9 Å². The Hall–Kier alpha value is -0.570. The third-order valence-electron chi connectivity index (χ3n) is 1.67. The van der Waals surface area contributed by atoms with Crippen molar-refractivity contribution in [3.05, 3.63) is 11.7 Å². The Kier molecular flexibility index (Phi) is 2.88. The van der Waals surface area contributed by atoms with Crippen molar-refractivity contribution in [1.82, 2.24) is 4.98 Å². The van der Waals surface area contributed by atoms with Crippen molar-refractivity contribution in [2.24, 2.45) is 0 Å². The lowest BCUT2D eigenvalue weighted by atomic mass is 10.3. The molecule has 0 aliphatic rings. The standard InChI is InChI=1S/C8H14N2S/c1-4-10(7(2)3)8-5-9-6-11-8/h5-7H,4H2,1-3H3. The van der Waals surface area contributed by atoms with Gasteiger partial charge in [0.15, 0.2) is 0 Å². The molecule has 0 radical (unpaired) electrons. The molecule has 11 heavy (non-hydrogen) atoms. The van der Waals surface area contributed by atoms with Crippen LogP contribution in [0.4, 0.5) is 5.00 Å². The molecule has 0 bridgehead atoms. The van der Waals surface area contributed by atoms with Crippen molar-refractivity contribution in [1.29, 1.82) is 0 Å². The maximum Gasteiger partial charge on any atom is 0.111 e. The molecular formula is C8H14N2S. The fourth-order valence-corrected chi connectivity index (χ4v) is 1.95. The van der Waals surface area contributed by atoms with E-state index in [2.05, 4.69) is 30.7 Å². The van der Waals surface area contributed by atoms with E-state index in [0.29, 0.717) is 6.04 Å². The molecule has 2 nitrogen and oxygen atoms in total. The summed E-state index contributed by atoms with van der Waals surface area (Å²) in [6.07, 6.45) is 1.92. The van der Waals surface area contributed by atoms with Gasteiger partial charge in [-0.25, -0.2) is 0 Å². The van der Waals surface area contributed by atoms with Crippen molar-refractivity contribution in [3.63, 3.8) is 0 Å². The van der Waals surface area contributed by atoms with Crippen LogP contribution < -0.4 is 4.90 Å². The van der Waals surface area contributed by atoms with Crippen LogP contribution in [0, 0.1) is 0 Å². The SMILES string of the molecule is CCN(c1cncs1)C(C)C. The van der Waals surface area contributed by atoms with Crippen molar-refractivity contribution >= 4 is 16.3 Å². The van der Waals surface area contributed by atoms with Crippen LogP contribution in [-0.2, 0) is 0 Å². The van der Waals surface area contributed by atoms with Crippen LogP contribution in [0.2, 0.25) is 0 Å². The second-order valence-electron chi connectivity index (χ2n) is 2.72. The number of rotatable bonds is 3. The van der Waals surface area contributed by atoms with E-state index in [1.807, 2.05) is 11.7 Å². The summed E-state index contributed by atoms with van der Waals surface area (Å²) >= 11 is 1.70. The van der Waals surface area contributed by atoms with E-state index in [1.165, 1.54) is 5.00 Å². The summed E-state index contributed by atoms with van der Waals surface area (Å²) in [7, 11) is 0. The maximum atomic E-state index is 4.05. The van der Waals surface area contributed by atoms with Crippen LogP contribution in [-0.4, -0.2) is 17.6 Å². The third kappa shape index (κ3) is 1.93. The van der Waals surface area contributed by atoms with E-state index in [0.717, 1.165) is 6.54 Å². The minimum Gasteiger partial charge on any atom is -0.360 e. The van der Waals surface area contributed by atoms with E-state index >= 15 is 0 Å². The lowest BCUT2D eigenvalue weighted by molar-refractivity contribution is 0.709. The van der Waals surface area contributed by atoms with Crippen LogP contribution in [0.1, 0.15) is 20.8 Å². The molecule has 0 fully saturated rings. The average molecular weight is 170 g/mol. The zero-order valence-electron chi connectivity index (χ0n) is 7.24. The maximum absolute atomic E-state index is 4.05. The second kappa shape index (κ2) is 3.72. The minimum atomic E-state index is 0.570. The van der Waals surface area contributed by atoms with E-state index in [1.54, 1.807) is 11.3 Å². The third-order valence-corrected chi connectivity index (χ3v) is 2.47. The fraction of sp³-hybridized carbons (Fsp3) is 0.625. The smallest absolute Gasteiger partial charge is 0.111 e. The van der Waals surface area contributed by atoms with Gasteiger partial charge in [-0.15, -0.1) is 11.3 Å². The first-order valence-electron chi connectivity index (χ1n) is 3.90. The molecule has 0 atom stereocenters. The van der Waals surface area contributed by atoms with Gasteiger partial charge in [0.25, 0.3) is 0 Å². The topological polar surface area (TPSA) is 16.1 Å². The number of thiazole rings is 1. The Morgan fingerprint density at radius 3 is 2.73 bits per heavy atom. The highest BCUT2D eigenvalue weighted by molar-refractivity contribution is 7.13. The summed E-state index contributed by atoms with van der Waals surface area (Å²) in [5.41, 5.74) is 1.88. The monoisotopic (exact) mass is 170 g/mol. The molecule has 0 amide bonds. The Balaban J connectivity index is 2.71. The van der Waals surface area contributed by atoms with Crippen molar-refractivity contribution in [3.8, 4) is 0 Å². The van der Waals surface area contributed by atoms with Crippen LogP contribution in [0.25, 0.3) is 0 Å². The summed E-state index contributed by atoms with van der Waals surface area (Å²) in [5, 5.41) is 1.27. The van der Waals surface area contributed by atoms with Crippen LogP contribution >= 0.6 is 11.3 Å². The summed E-state index contributed by atoms with van der Waals surface area (Å²) in [6, 6.07) is 0.570. The normalized spacial score (nSPS) is 10.5. The molecule has 0 aliphatic carbocycles. The molecule has 1 aromatic rings. The largest absolute Gasteiger partial charge is 0.360 e. The van der Waals surface area contributed by atoms with E-state index in [4.69, 9.17) is 0 Å². The van der Waals surface area contributed by atoms with Crippen molar-refractivity contribution in [2.45, 2.75) is 26.8 Å². The highest BCUT2D eigenvalue weighted by atomic mass is 32.1. The molecule has 0 spiro atoms. The highest BCUT2D eigenvalue weighted by Crippen LogP contribution is 2.20. The lowest BCUT2D eigenvalue weighted by Gasteiger charge is -2.24. The zero-order valence-corrected chi connectivity index (χ0v) is 8.06. The second-order valence-corrected chi connectivity index (χ2v) is 3.58. The van der Waals surface area contributed by atoms with Crippen LogP contribution in [0.5, 0.6) is 0 Å². The Bertz CT molecular complexity index is 194. The lowest BCUT2D eigenvalue weighted by Crippen LogP contribution is -2.29. The molecule has 0 aromatic carbocycles. The molecule has 0 aliphatic heterocycles. The van der Waals surface area contributed by atoms with Gasteiger partial charge in [0.2, 0.25) is 0 Å². The number of aromatic nitrogens is 1. The molecular weight excluding hydrogens is 156 g/mol. The van der Waals surface area contributed by atoms with Gasteiger partial charge in [0.05, 0.1) is 11.7 Å². The van der Waals surface area contributed by atoms with Gasteiger partial charge in [0.1, 0.15) is 5.00 Å². The van der Waals surface area contributed by atoms with Crippen molar-refractivity contribution in [2.75, 3.05) is 11.4 Å².